The lowest BCUT2D eigenvalue weighted by molar-refractivity contribution is -0.138. The largest absolute Gasteiger partial charge is 0.463 e. The van der Waals surface area contributed by atoms with E-state index in [4.69, 9.17) is 9.47 Å². The molecule has 0 radical (unpaired) electrons. The van der Waals surface area contributed by atoms with Crippen LogP contribution in [-0.2, 0) is 14.3 Å². The minimum absolute atomic E-state index is 0. The van der Waals surface area contributed by atoms with E-state index in [1.54, 1.807) is 0 Å². The number of fused-ring (bicyclic) bond motifs is 1. The molecule has 0 aromatic heterocycles. The molecule has 2 rings (SSSR count). The van der Waals surface area contributed by atoms with Gasteiger partial charge in [-0.3, -0.25) is 4.90 Å². The lowest BCUT2D eigenvalue weighted by Gasteiger charge is -2.26. The number of hydrogen-bond donors (Lipinski definition) is 0. The SMILES string of the molecule is CCOC(=O)C1=C[C@@H](OC(CC)CC)[C@H]2[C@@H](C1)N2C(C)(C)C.Cl. The van der Waals surface area contributed by atoms with Gasteiger partial charge in [0.15, 0.2) is 0 Å². The second-order valence-electron chi connectivity index (χ2n) is 7.29. The minimum atomic E-state index is -0.181. The van der Waals surface area contributed by atoms with Gasteiger partial charge < -0.3 is 9.47 Å². The molecule has 0 bridgehead atoms. The fourth-order valence-electron chi connectivity index (χ4n) is 3.63. The second kappa shape index (κ2) is 8.00. The van der Waals surface area contributed by atoms with E-state index in [2.05, 4.69) is 39.5 Å². The van der Waals surface area contributed by atoms with Gasteiger partial charge in [0.2, 0.25) is 0 Å². The summed E-state index contributed by atoms with van der Waals surface area (Å²) in [4.78, 5) is 14.6. The summed E-state index contributed by atoms with van der Waals surface area (Å²) < 4.78 is 11.5. The first kappa shape index (κ1) is 20.5. The highest BCUT2D eigenvalue weighted by molar-refractivity contribution is 5.89. The summed E-state index contributed by atoms with van der Waals surface area (Å²) >= 11 is 0. The first-order chi connectivity index (χ1) is 10.3. The molecule has 23 heavy (non-hydrogen) atoms. The highest BCUT2D eigenvalue weighted by atomic mass is 35.5. The van der Waals surface area contributed by atoms with E-state index in [1.165, 1.54) is 0 Å². The lowest BCUT2D eigenvalue weighted by Crippen LogP contribution is -2.34. The van der Waals surface area contributed by atoms with Gasteiger partial charge in [0.05, 0.1) is 24.9 Å². The fourth-order valence-corrected chi connectivity index (χ4v) is 3.63. The normalized spacial score (nSPS) is 29.4. The van der Waals surface area contributed by atoms with Crippen molar-refractivity contribution < 1.29 is 14.3 Å². The Bertz CT molecular complexity index is 440. The van der Waals surface area contributed by atoms with Crippen molar-refractivity contribution in [2.24, 2.45) is 0 Å². The van der Waals surface area contributed by atoms with Crippen LogP contribution in [0.3, 0.4) is 0 Å². The van der Waals surface area contributed by atoms with Crippen molar-refractivity contribution in [2.45, 2.75) is 90.6 Å². The molecule has 0 spiro atoms. The predicted molar refractivity (Wildman–Crippen MR) is 95.0 cm³/mol. The van der Waals surface area contributed by atoms with E-state index in [-0.39, 0.29) is 36.1 Å². The molecule has 1 saturated heterocycles. The summed E-state index contributed by atoms with van der Waals surface area (Å²) in [5, 5.41) is 0. The molecule has 5 heteroatoms. The Morgan fingerprint density at radius 2 is 1.91 bits per heavy atom. The van der Waals surface area contributed by atoms with Crippen LogP contribution in [0.1, 0.15) is 60.8 Å². The summed E-state index contributed by atoms with van der Waals surface area (Å²) in [7, 11) is 0. The molecule has 0 amide bonds. The van der Waals surface area contributed by atoms with Gasteiger partial charge in [-0.25, -0.2) is 4.79 Å². The van der Waals surface area contributed by atoms with Crippen LogP contribution in [0, 0.1) is 0 Å². The van der Waals surface area contributed by atoms with Crippen LogP contribution >= 0.6 is 12.4 Å². The summed E-state index contributed by atoms with van der Waals surface area (Å²) in [6, 6.07) is 0.808. The average Bonchev–Trinajstić information content (AvgIpc) is 3.19. The maximum atomic E-state index is 12.1. The van der Waals surface area contributed by atoms with Gasteiger partial charge in [-0.05, 0) is 53.0 Å². The number of hydrogen-bond acceptors (Lipinski definition) is 4. The zero-order valence-corrected chi connectivity index (χ0v) is 16.1. The van der Waals surface area contributed by atoms with E-state index < -0.39 is 0 Å². The zero-order valence-electron chi connectivity index (χ0n) is 15.3. The van der Waals surface area contributed by atoms with E-state index in [1.807, 2.05) is 13.0 Å². The molecule has 1 heterocycles. The van der Waals surface area contributed by atoms with Crippen molar-refractivity contribution in [3.63, 3.8) is 0 Å². The molecule has 0 aromatic rings. The Morgan fingerprint density at radius 3 is 2.39 bits per heavy atom. The fraction of sp³-hybridized carbons (Fsp3) is 0.833. The lowest BCUT2D eigenvalue weighted by atomic mass is 9.97. The van der Waals surface area contributed by atoms with Gasteiger partial charge >= 0.3 is 5.97 Å². The second-order valence-corrected chi connectivity index (χ2v) is 7.29. The third-order valence-corrected chi connectivity index (χ3v) is 4.69. The first-order valence-electron chi connectivity index (χ1n) is 8.65. The number of carbonyl (C=O) groups is 1. The molecule has 0 saturated carbocycles. The summed E-state index contributed by atoms with van der Waals surface area (Å²) in [6.07, 6.45) is 5.06. The van der Waals surface area contributed by atoms with Crippen LogP contribution < -0.4 is 0 Å². The Hall–Kier alpha value is -0.580. The Labute approximate surface area is 147 Å². The molecule has 1 aliphatic heterocycles. The van der Waals surface area contributed by atoms with Gasteiger partial charge in [0, 0.05) is 17.2 Å². The Morgan fingerprint density at radius 1 is 1.30 bits per heavy atom. The predicted octanol–water partition coefficient (Wildman–Crippen LogP) is 3.73. The van der Waals surface area contributed by atoms with Crippen LogP contribution in [0.5, 0.6) is 0 Å². The third-order valence-electron chi connectivity index (χ3n) is 4.69. The average molecular weight is 346 g/mol. The van der Waals surface area contributed by atoms with Gasteiger partial charge in [0.25, 0.3) is 0 Å². The van der Waals surface area contributed by atoms with Crippen LogP contribution in [0.2, 0.25) is 0 Å². The Kier molecular flexibility index (Phi) is 7.12. The highest BCUT2D eigenvalue weighted by Gasteiger charge is 2.59. The minimum Gasteiger partial charge on any atom is -0.463 e. The van der Waals surface area contributed by atoms with Crippen LogP contribution in [-0.4, -0.2) is 47.3 Å². The maximum absolute atomic E-state index is 12.1. The van der Waals surface area contributed by atoms with Crippen molar-refractivity contribution in [2.75, 3.05) is 6.61 Å². The topological polar surface area (TPSA) is 38.5 Å². The van der Waals surface area contributed by atoms with Crippen molar-refractivity contribution in [1.82, 2.24) is 4.90 Å². The molecule has 1 fully saturated rings. The third kappa shape index (κ3) is 4.49. The molecule has 1 unspecified atom stereocenters. The van der Waals surface area contributed by atoms with Crippen molar-refractivity contribution in [1.29, 1.82) is 0 Å². The van der Waals surface area contributed by atoms with Gasteiger partial charge in [-0.15, -0.1) is 12.4 Å². The number of nitrogens with zero attached hydrogens (tertiary/aromatic N) is 1. The van der Waals surface area contributed by atoms with Gasteiger partial charge in [0.1, 0.15) is 0 Å². The summed E-state index contributed by atoms with van der Waals surface area (Å²) in [6.45, 7) is 13.3. The summed E-state index contributed by atoms with van der Waals surface area (Å²) in [5.74, 6) is -0.181. The van der Waals surface area contributed by atoms with Crippen molar-refractivity contribution in [3.05, 3.63) is 11.6 Å². The van der Waals surface area contributed by atoms with Crippen molar-refractivity contribution in [3.8, 4) is 0 Å². The molecule has 4 atom stereocenters. The summed E-state index contributed by atoms with van der Waals surface area (Å²) in [5.41, 5.74) is 0.883. The monoisotopic (exact) mass is 345 g/mol. The highest BCUT2D eigenvalue weighted by Crippen LogP contribution is 2.47. The Balaban J connectivity index is 0.00000264. The smallest absolute Gasteiger partial charge is 0.333 e. The van der Waals surface area contributed by atoms with Gasteiger partial charge in [-0.1, -0.05) is 13.8 Å². The van der Waals surface area contributed by atoms with Gasteiger partial charge in [-0.2, -0.15) is 0 Å². The van der Waals surface area contributed by atoms with Crippen LogP contribution in [0.25, 0.3) is 0 Å². The molecule has 134 valence electrons. The molecule has 2 aliphatic rings. The molecular formula is C18H32ClNO3. The maximum Gasteiger partial charge on any atom is 0.333 e. The zero-order chi connectivity index (χ0) is 16.5. The molecule has 0 N–H and O–H groups in total. The number of ether oxygens (including phenoxy) is 2. The molecule has 1 aliphatic carbocycles. The van der Waals surface area contributed by atoms with E-state index in [9.17, 15) is 4.79 Å². The van der Waals surface area contributed by atoms with Crippen molar-refractivity contribution >= 4 is 18.4 Å². The van der Waals surface area contributed by atoms with E-state index in [0.29, 0.717) is 18.7 Å². The number of esters is 1. The number of halogens is 1. The van der Waals surface area contributed by atoms with Crippen LogP contribution in [0.4, 0.5) is 0 Å². The number of rotatable bonds is 6. The molecule has 0 aromatic carbocycles. The van der Waals surface area contributed by atoms with E-state index in [0.717, 1.165) is 24.8 Å². The molecule has 4 nitrogen and oxygen atoms in total. The first-order valence-corrected chi connectivity index (χ1v) is 8.65. The quantitative estimate of drug-likeness (QED) is 0.543. The molecular weight excluding hydrogens is 314 g/mol. The van der Waals surface area contributed by atoms with Crippen LogP contribution in [0.15, 0.2) is 11.6 Å². The van der Waals surface area contributed by atoms with E-state index >= 15 is 0 Å². The number of carbonyl (C=O) groups excluding carboxylic acids is 1. The standard InChI is InChI=1S/C18H31NO3.ClH/c1-7-13(8-2)22-15-11-12(17(20)21-9-3)10-14-16(15)19(14)18(4,5)6;/h11,13-16H,7-10H2,1-6H3;1H/t14-,15-,16-,19?;/m1./s1.